The number of rotatable bonds is 4. The van der Waals surface area contributed by atoms with E-state index in [4.69, 9.17) is 4.98 Å². The van der Waals surface area contributed by atoms with Crippen molar-refractivity contribution in [1.29, 1.82) is 0 Å². The number of hydrogen-bond acceptors (Lipinski definition) is 3. The van der Waals surface area contributed by atoms with Gasteiger partial charge in [-0.15, -0.1) is 0 Å². The molecule has 2 aromatic rings. The minimum absolute atomic E-state index is 0.561. The lowest BCUT2D eigenvalue weighted by atomic mass is 9.96. The fourth-order valence-electron chi connectivity index (χ4n) is 4.58. The van der Waals surface area contributed by atoms with E-state index in [1.165, 1.54) is 62.4 Å². The fraction of sp³-hybridized carbons (Fsp3) is 0.571. The van der Waals surface area contributed by atoms with Gasteiger partial charge in [-0.25, -0.2) is 4.98 Å². The maximum Gasteiger partial charge on any atom is 0.113 e. The van der Waals surface area contributed by atoms with Crippen LogP contribution in [0.15, 0.2) is 30.5 Å². The van der Waals surface area contributed by atoms with Gasteiger partial charge in [-0.2, -0.15) is 0 Å². The summed E-state index contributed by atoms with van der Waals surface area (Å²) in [5.41, 5.74) is 4.07. The molecule has 1 aromatic carbocycles. The molecule has 0 spiro atoms. The average molecular weight is 338 g/mol. The van der Waals surface area contributed by atoms with Gasteiger partial charge < -0.3 is 9.47 Å². The minimum atomic E-state index is 0.561. The van der Waals surface area contributed by atoms with Crippen LogP contribution in [-0.4, -0.2) is 40.6 Å². The molecule has 3 heterocycles. The SMILES string of the molecule is Cc1cn(C)c(C2CCCN(Cc3ccccc3N3CCCC3)C2)n1. The first kappa shape index (κ1) is 16.6. The predicted octanol–water partition coefficient (Wildman–Crippen LogP) is 3.71. The third-order valence-corrected chi connectivity index (χ3v) is 5.74. The molecule has 1 aromatic heterocycles. The standard InChI is InChI=1S/C21H30N4/c1-17-14-23(2)21(22-17)19-9-7-11-24(16-19)15-18-8-3-4-10-20(18)25-12-5-6-13-25/h3-4,8,10,14,19H,5-7,9,11-13,15-16H2,1-2H3. The highest BCUT2D eigenvalue weighted by Crippen LogP contribution is 2.30. The van der Waals surface area contributed by atoms with E-state index in [9.17, 15) is 0 Å². The van der Waals surface area contributed by atoms with Crippen molar-refractivity contribution in [3.05, 3.63) is 47.5 Å². The van der Waals surface area contributed by atoms with Crippen LogP contribution >= 0.6 is 0 Å². The molecule has 4 rings (SSSR count). The Morgan fingerprint density at radius 3 is 2.64 bits per heavy atom. The van der Waals surface area contributed by atoms with Gasteiger partial charge in [0.15, 0.2) is 0 Å². The second-order valence-corrected chi connectivity index (χ2v) is 7.75. The van der Waals surface area contributed by atoms with Crippen LogP contribution in [0.4, 0.5) is 5.69 Å². The van der Waals surface area contributed by atoms with Gasteiger partial charge in [-0.05, 0) is 50.8 Å². The number of likely N-dealkylation sites (tertiary alicyclic amines) is 1. The van der Waals surface area contributed by atoms with Crippen molar-refractivity contribution in [2.75, 3.05) is 31.1 Å². The molecule has 0 N–H and O–H groups in total. The zero-order valence-electron chi connectivity index (χ0n) is 15.6. The van der Waals surface area contributed by atoms with Crippen molar-refractivity contribution in [1.82, 2.24) is 14.5 Å². The second-order valence-electron chi connectivity index (χ2n) is 7.75. The van der Waals surface area contributed by atoms with Crippen LogP contribution in [-0.2, 0) is 13.6 Å². The summed E-state index contributed by atoms with van der Waals surface area (Å²) in [6, 6.07) is 9.01. The number of imidazole rings is 1. The highest BCUT2D eigenvalue weighted by Gasteiger charge is 2.25. The summed E-state index contributed by atoms with van der Waals surface area (Å²) >= 11 is 0. The molecular weight excluding hydrogens is 308 g/mol. The molecule has 2 fully saturated rings. The van der Waals surface area contributed by atoms with Crippen molar-refractivity contribution in [3.63, 3.8) is 0 Å². The first-order chi connectivity index (χ1) is 12.2. The summed E-state index contributed by atoms with van der Waals surface area (Å²) < 4.78 is 2.22. The lowest BCUT2D eigenvalue weighted by molar-refractivity contribution is 0.195. The highest BCUT2D eigenvalue weighted by atomic mass is 15.2. The monoisotopic (exact) mass is 338 g/mol. The molecule has 2 aliphatic rings. The number of hydrogen-bond donors (Lipinski definition) is 0. The number of para-hydroxylation sites is 1. The second kappa shape index (κ2) is 7.20. The topological polar surface area (TPSA) is 24.3 Å². The van der Waals surface area contributed by atoms with Crippen molar-refractivity contribution >= 4 is 5.69 Å². The van der Waals surface area contributed by atoms with Gasteiger partial charge in [0, 0.05) is 51.0 Å². The van der Waals surface area contributed by atoms with Crippen LogP contribution in [0, 0.1) is 6.92 Å². The summed E-state index contributed by atoms with van der Waals surface area (Å²) in [5.74, 6) is 1.82. The van der Waals surface area contributed by atoms with Crippen LogP contribution < -0.4 is 4.90 Å². The molecule has 1 unspecified atom stereocenters. The molecule has 4 nitrogen and oxygen atoms in total. The van der Waals surface area contributed by atoms with Crippen LogP contribution in [0.3, 0.4) is 0 Å². The number of aryl methyl sites for hydroxylation is 2. The Labute approximate surface area is 151 Å². The third-order valence-electron chi connectivity index (χ3n) is 5.74. The largest absolute Gasteiger partial charge is 0.371 e. The van der Waals surface area contributed by atoms with Gasteiger partial charge in [0.1, 0.15) is 5.82 Å². The number of anilines is 1. The van der Waals surface area contributed by atoms with E-state index in [2.05, 4.69) is 58.8 Å². The summed E-state index contributed by atoms with van der Waals surface area (Å²) in [6.45, 7) is 7.91. The van der Waals surface area contributed by atoms with Gasteiger partial charge in [0.25, 0.3) is 0 Å². The molecule has 0 radical (unpaired) electrons. The summed E-state index contributed by atoms with van der Waals surface area (Å²) in [4.78, 5) is 9.98. The number of nitrogens with zero attached hydrogens (tertiary/aromatic N) is 4. The number of benzene rings is 1. The molecule has 0 bridgehead atoms. The summed E-state index contributed by atoms with van der Waals surface area (Å²) in [6.07, 6.45) is 7.34. The van der Waals surface area contributed by atoms with Crippen LogP contribution in [0.2, 0.25) is 0 Å². The Kier molecular flexibility index (Phi) is 4.80. The molecule has 2 aliphatic heterocycles. The van der Waals surface area contributed by atoms with Gasteiger partial charge in [-0.1, -0.05) is 18.2 Å². The minimum Gasteiger partial charge on any atom is -0.371 e. The van der Waals surface area contributed by atoms with Gasteiger partial charge >= 0.3 is 0 Å². The Morgan fingerprint density at radius 2 is 1.88 bits per heavy atom. The quantitative estimate of drug-likeness (QED) is 0.849. The first-order valence-electron chi connectivity index (χ1n) is 9.76. The van der Waals surface area contributed by atoms with Gasteiger partial charge in [-0.3, -0.25) is 4.90 Å². The zero-order valence-corrected chi connectivity index (χ0v) is 15.6. The Bertz CT molecular complexity index is 714. The molecule has 134 valence electrons. The average Bonchev–Trinajstić information content (AvgIpc) is 3.25. The van der Waals surface area contributed by atoms with Gasteiger partial charge in [0.2, 0.25) is 0 Å². The molecule has 2 saturated heterocycles. The maximum atomic E-state index is 4.78. The molecule has 0 aliphatic carbocycles. The molecule has 0 saturated carbocycles. The Morgan fingerprint density at radius 1 is 1.08 bits per heavy atom. The van der Waals surface area contributed by atoms with E-state index in [1.807, 2.05) is 0 Å². The van der Waals surface area contributed by atoms with E-state index in [1.54, 1.807) is 0 Å². The van der Waals surface area contributed by atoms with Gasteiger partial charge in [0.05, 0.1) is 5.69 Å². The number of piperidine rings is 1. The molecule has 4 heteroatoms. The zero-order chi connectivity index (χ0) is 17.2. The van der Waals surface area contributed by atoms with E-state index < -0.39 is 0 Å². The Balaban J connectivity index is 1.49. The van der Waals surface area contributed by atoms with Crippen molar-refractivity contribution in [2.45, 2.75) is 45.1 Å². The summed E-state index contributed by atoms with van der Waals surface area (Å²) in [7, 11) is 2.14. The number of aromatic nitrogens is 2. The fourth-order valence-corrected chi connectivity index (χ4v) is 4.58. The van der Waals surface area contributed by atoms with Crippen LogP contribution in [0.1, 0.15) is 48.7 Å². The summed E-state index contributed by atoms with van der Waals surface area (Å²) in [5, 5.41) is 0. The first-order valence-corrected chi connectivity index (χ1v) is 9.76. The highest BCUT2D eigenvalue weighted by molar-refractivity contribution is 5.54. The smallest absolute Gasteiger partial charge is 0.113 e. The molecular formula is C21H30N4. The third kappa shape index (κ3) is 3.59. The van der Waals surface area contributed by atoms with E-state index in [0.717, 1.165) is 18.8 Å². The maximum absolute atomic E-state index is 4.78. The van der Waals surface area contributed by atoms with Crippen molar-refractivity contribution < 1.29 is 0 Å². The normalized spacial score (nSPS) is 21.8. The van der Waals surface area contributed by atoms with Crippen molar-refractivity contribution in [3.8, 4) is 0 Å². The van der Waals surface area contributed by atoms with Crippen molar-refractivity contribution in [2.24, 2.45) is 7.05 Å². The van der Waals surface area contributed by atoms with Crippen LogP contribution in [0.25, 0.3) is 0 Å². The van der Waals surface area contributed by atoms with E-state index >= 15 is 0 Å². The van der Waals surface area contributed by atoms with E-state index in [0.29, 0.717) is 5.92 Å². The molecule has 0 amide bonds. The van der Waals surface area contributed by atoms with E-state index in [-0.39, 0.29) is 0 Å². The Hall–Kier alpha value is -1.81. The van der Waals surface area contributed by atoms with Crippen LogP contribution in [0.5, 0.6) is 0 Å². The lowest BCUT2D eigenvalue weighted by Crippen LogP contribution is -2.35. The lowest BCUT2D eigenvalue weighted by Gasteiger charge is -2.33. The molecule has 25 heavy (non-hydrogen) atoms. The predicted molar refractivity (Wildman–Crippen MR) is 103 cm³/mol. The molecule has 1 atom stereocenters.